The van der Waals surface area contributed by atoms with Crippen molar-refractivity contribution in [2.75, 3.05) is 0 Å². The third-order valence-electron chi connectivity index (χ3n) is 3.58. The molecule has 0 amide bonds. The van der Waals surface area contributed by atoms with Crippen LogP contribution in [0.25, 0.3) is 11.3 Å². The average Bonchev–Trinajstić information content (AvgIpc) is 3.13. The Labute approximate surface area is 144 Å². The second-order valence-corrected chi connectivity index (χ2v) is 5.32. The first kappa shape index (κ1) is 16.2. The summed E-state index contributed by atoms with van der Waals surface area (Å²) in [6.45, 7) is 1.50. The maximum Gasteiger partial charge on any atom is 0.379 e. The van der Waals surface area contributed by atoms with E-state index < -0.39 is 5.97 Å². The zero-order valence-corrected chi connectivity index (χ0v) is 13.4. The Balaban J connectivity index is 1.74. The van der Waals surface area contributed by atoms with Gasteiger partial charge >= 0.3 is 5.97 Å². The second-order valence-electron chi connectivity index (χ2n) is 5.32. The van der Waals surface area contributed by atoms with Crippen LogP contribution in [0.15, 0.2) is 65.1 Å². The minimum absolute atomic E-state index is 0.0160. The number of hydrogen-bond acceptors (Lipinski definition) is 5. The highest BCUT2D eigenvalue weighted by molar-refractivity contribution is 5.94. The number of carbonyl (C=O) groups is 2. The molecule has 1 aromatic heterocycles. The molecule has 5 heteroatoms. The van der Waals surface area contributed by atoms with Gasteiger partial charge in [0, 0.05) is 11.1 Å². The van der Waals surface area contributed by atoms with E-state index in [1.54, 1.807) is 54.6 Å². The molecule has 0 spiro atoms. The summed E-state index contributed by atoms with van der Waals surface area (Å²) < 4.78 is 10.8. The van der Waals surface area contributed by atoms with E-state index in [0.29, 0.717) is 22.6 Å². The molecule has 1 heterocycles. The molecule has 0 atom stereocenters. The Morgan fingerprint density at radius 2 is 1.64 bits per heavy atom. The Hall–Kier alpha value is -3.65. The van der Waals surface area contributed by atoms with E-state index in [0.717, 1.165) is 5.56 Å². The van der Waals surface area contributed by atoms with Gasteiger partial charge in [0.2, 0.25) is 5.76 Å². The molecule has 0 saturated heterocycles. The molecule has 0 saturated carbocycles. The fourth-order valence-electron chi connectivity index (χ4n) is 2.23. The van der Waals surface area contributed by atoms with Gasteiger partial charge in [0.15, 0.2) is 5.78 Å². The summed E-state index contributed by atoms with van der Waals surface area (Å²) in [5, 5.41) is 8.76. The van der Waals surface area contributed by atoms with Crippen molar-refractivity contribution in [3.63, 3.8) is 0 Å². The van der Waals surface area contributed by atoms with Crippen LogP contribution >= 0.6 is 0 Å². The average molecular weight is 331 g/mol. The number of nitrogens with zero attached hydrogens (tertiary/aromatic N) is 1. The molecular formula is C20H13NO4. The Kier molecular flexibility index (Phi) is 4.44. The van der Waals surface area contributed by atoms with Gasteiger partial charge in [0.05, 0.1) is 11.6 Å². The summed E-state index contributed by atoms with van der Waals surface area (Å²) in [5.74, 6) is 0.249. The van der Waals surface area contributed by atoms with Crippen LogP contribution in [0.5, 0.6) is 5.75 Å². The van der Waals surface area contributed by atoms with Crippen molar-refractivity contribution < 1.29 is 18.7 Å². The fourth-order valence-corrected chi connectivity index (χ4v) is 2.23. The molecule has 0 fully saturated rings. The third-order valence-corrected chi connectivity index (χ3v) is 3.58. The zero-order valence-electron chi connectivity index (χ0n) is 13.4. The topological polar surface area (TPSA) is 80.3 Å². The number of nitriles is 1. The Morgan fingerprint density at radius 3 is 2.24 bits per heavy atom. The number of furan rings is 1. The van der Waals surface area contributed by atoms with Crippen molar-refractivity contribution in [3.8, 4) is 23.1 Å². The molecule has 25 heavy (non-hydrogen) atoms. The number of carbonyl (C=O) groups excluding carboxylic acids is 2. The largest absolute Gasteiger partial charge is 0.449 e. The maximum absolute atomic E-state index is 12.1. The van der Waals surface area contributed by atoms with Gasteiger partial charge in [0.1, 0.15) is 11.5 Å². The van der Waals surface area contributed by atoms with Gasteiger partial charge in [-0.1, -0.05) is 24.3 Å². The SMILES string of the molecule is CC(=O)c1ccc(-c2ccc(C(=O)Oc3ccc(C#N)cc3)o2)cc1. The number of ketones is 1. The number of ether oxygens (including phenoxy) is 1. The quantitative estimate of drug-likeness (QED) is 0.406. The van der Waals surface area contributed by atoms with Crippen LogP contribution in [0, 0.1) is 11.3 Å². The summed E-state index contributed by atoms with van der Waals surface area (Å²) in [4.78, 5) is 23.4. The van der Waals surface area contributed by atoms with E-state index in [1.807, 2.05) is 6.07 Å². The molecule has 0 N–H and O–H groups in total. The van der Waals surface area contributed by atoms with E-state index in [1.165, 1.54) is 13.0 Å². The third kappa shape index (κ3) is 3.65. The molecule has 0 unspecified atom stereocenters. The normalized spacial score (nSPS) is 10.1. The first-order chi connectivity index (χ1) is 12.1. The van der Waals surface area contributed by atoms with Crippen molar-refractivity contribution in [1.29, 1.82) is 5.26 Å². The molecule has 122 valence electrons. The van der Waals surface area contributed by atoms with E-state index in [4.69, 9.17) is 14.4 Å². The van der Waals surface area contributed by atoms with Gasteiger partial charge in [-0.25, -0.2) is 4.79 Å². The summed E-state index contributed by atoms with van der Waals surface area (Å²) in [6.07, 6.45) is 0. The van der Waals surface area contributed by atoms with Crippen molar-refractivity contribution in [1.82, 2.24) is 0 Å². The number of esters is 1. The monoisotopic (exact) mass is 331 g/mol. The summed E-state index contributed by atoms with van der Waals surface area (Å²) in [7, 11) is 0. The van der Waals surface area contributed by atoms with Crippen molar-refractivity contribution in [2.45, 2.75) is 6.92 Å². The lowest BCUT2D eigenvalue weighted by Gasteiger charge is -2.02. The standard InChI is InChI=1S/C20H13NO4/c1-13(22)15-4-6-16(7-5-15)18-10-11-19(25-18)20(23)24-17-8-2-14(12-21)3-9-17/h2-11H,1H3. The van der Waals surface area contributed by atoms with Crippen molar-refractivity contribution in [3.05, 3.63) is 77.6 Å². The predicted molar refractivity (Wildman–Crippen MR) is 90.3 cm³/mol. The molecule has 3 rings (SSSR count). The fraction of sp³-hybridized carbons (Fsp3) is 0.0500. The van der Waals surface area contributed by atoms with E-state index in [-0.39, 0.29) is 11.5 Å². The van der Waals surface area contributed by atoms with Crippen molar-refractivity contribution in [2.24, 2.45) is 0 Å². The summed E-state index contributed by atoms with van der Waals surface area (Å²) >= 11 is 0. The van der Waals surface area contributed by atoms with Crippen LogP contribution in [0.1, 0.15) is 33.4 Å². The minimum atomic E-state index is -0.628. The predicted octanol–water partition coefficient (Wildman–Crippen LogP) is 4.24. The first-order valence-corrected chi connectivity index (χ1v) is 7.50. The van der Waals surface area contributed by atoms with Gasteiger partial charge in [-0.05, 0) is 43.3 Å². The first-order valence-electron chi connectivity index (χ1n) is 7.50. The van der Waals surface area contributed by atoms with Crippen LogP contribution in [0.3, 0.4) is 0 Å². The summed E-state index contributed by atoms with van der Waals surface area (Å²) in [5.41, 5.74) is 1.84. The molecule has 0 radical (unpaired) electrons. The molecule has 0 aliphatic rings. The van der Waals surface area contributed by atoms with Gasteiger partial charge in [-0.3, -0.25) is 4.79 Å². The lowest BCUT2D eigenvalue weighted by Crippen LogP contribution is -2.07. The van der Waals surface area contributed by atoms with Crippen LogP contribution in [0.2, 0.25) is 0 Å². The molecule has 5 nitrogen and oxygen atoms in total. The van der Waals surface area contributed by atoms with Gasteiger partial charge in [-0.15, -0.1) is 0 Å². The van der Waals surface area contributed by atoms with Crippen LogP contribution in [-0.4, -0.2) is 11.8 Å². The van der Waals surface area contributed by atoms with Crippen molar-refractivity contribution >= 4 is 11.8 Å². The molecule has 0 bridgehead atoms. The van der Waals surface area contributed by atoms with Crippen LogP contribution in [-0.2, 0) is 0 Å². The number of benzene rings is 2. The highest BCUT2D eigenvalue weighted by Gasteiger charge is 2.15. The van der Waals surface area contributed by atoms with E-state index >= 15 is 0 Å². The van der Waals surface area contributed by atoms with Gasteiger partial charge in [0.25, 0.3) is 0 Å². The highest BCUT2D eigenvalue weighted by Crippen LogP contribution is 2.24. The molecular weight excluding hydrogens is 318 g/mol. The number of hydrogen-bond donors (Lipinski definition) is 0. The number of rotatable bonds is 4. The molecule has 0 aliphatic carbocycles. The Morgan fingerprint density at radius 1 is 0.960 bits per heavy atom. The van der Waals surface area contributed by atoms with E-state index in [2.05, 4.69) is 0 Å². The minimum Gasteiger partial charge on any atom is -0.449 e. The van der Waals surface area contributed by atoms with Crippen LogP contribution < -0.4 is 4.74 Å². The lowest BCUT2D eigenvalue weighted by molar-refractivity contribution is 0.0702. The maximum atomic E-state index is 12.1. The molecule has 3 aromatic rings. The van der Waals surface area contributed by atoms with Crippen LogP contribution in [0.4, 0.5) is 0 Å². The summed E-state index contributed by atoms with van der Waals surface area (Å²) in [6, 6.07) is 18.3. The highest BCUT2D eigenvalue weighted by atomic mass is 16.5. The number of Topliss-reactive ketones (excluding diaryl/α,β-unsaturated/α-hetero) is 1. The molecule has 2 aromatic carbocycles. The molecule has 0 aliphatic heterocycles. The second kappa shape index (κ2) is 6.85. The smallest absolute Gasteiger partial charge is 0.379 e. The van der Waals surface area contributed by atoms with Gasteiger partial charge < -0.3 is 9.15 Å². The van der Waals surface area contributed by atoms with Gasteiger partial charge in [-0.2, -0.15) is 5.26 Å². The zero-order chi connectivity index (χ0) is 17.8. The Bertz CT molecular complexity index is 960. The lowest BCUT2D eigenvalue weighted by atomic mass is 10.1. The van der Waals surface area contributed by atoms with E-state index in [9.17, 15) is 9.59 Å².